The molecular formula is C18H13N5O2. The molecule has 25 heavy (non-hydrogen) atoms. The minimum atomic E-state index is -0.390. The molecule has 7 heteroatoms. The average Bonchev–Trinajstić information content (AvgIpc) is 3.33. The van der Waals surface area contributed by atoms with Crippen molar-refractivity contribution in [1.82, 2.24) is 20.3 Å². The molecule has 0 saturated carbocycles. The number of benzene rings is 1. The lowest BCUT2D eigenvalue weighted by atomic mass is 10.1. The summed E-state index contributed by atoms with van der Waals surface area (Å²) in [6.07, 6.45) is 3.38. The van der Waals surface area contributed by atoms with E-state index in [1.165, 1.54) is 0 Å². The van der Waals surface area contributed by atoms with Gasteiger partial charge in [0.2, 0.25) is 0 Å². The van der Waals surface area contributed by atoms with Crippen molar-refractivity contribution >= 4 is 11.7 Å². The molecule has 0 fully saturated rings. The Labute approximate surface area is 142 Å². The minimum Gasteiger partial charge on any atom is -0.355 e. The zero-order chi connectivity index (χ0) is 17.1. The van der Waals surface area contributed by atoms with E-state index in [1.54, 1.807) is 24.5 Å². The van der Waals surface area contributed by atoms with Crippen LogP contribution in [0.1, 0.15) is 10.5 Å². The van der Waals surface area contributed by atoms with E-state index in [-0.39, 0.29) is 5.69 Å². The number of H-pyrrole nitrogens is 1. The van der Waals surface area contributed by atoms with E-state index in [4.69, 9.17) is 4.52 Å². The van der Waals surface area contributed by atoms with Gasteiger partial charge in [0, 0.05) is 35.7 Å². The lowest BCUT2D eigenvalue weighted by Gasteiger charge is -1.96. The van der Waals surface area contributed by atoms with Crippen LogP contribution >= 0.6 is 0 Å². The number of pyridine rings is 1. The molecule has 0 spiro atoms. The quantitative estimate of drug-likeness (QED) is 0.597. The molecule has 4 aromatic rings. The first-order valence-corrected chi connectivity index (χ1v) is 7.59. The van der Waals surface area contributed by atoms with Crippen molar-refractivity contribution in [2.75, 3.05) is 5.32 Å². The van der Waals surface area contributed by atoms with Crippen LogP contribution in [-0.2, 0) is 0 Å². The first-order chi connectivity index (χ1) is 12.3. The number of aromatic amines is 1. The first-order valence-electron chi connectivity index (χ1n) is 7.59. The van der Waals surface area contributed by atoms with Crippen molar-refractivity contribution in [1.29, 1.82) is 0 Å². The molecule has 0 radical (unpaired) electrons. The molecule has 122 valence electrons. The van der Waals surface area contributed by atoms with E-state index in [9.17, 15) is 4.79 Å². The maximum atomic E-state index is 12.3. The molecule has 0 unspecified atom stereocenters. The summed E-state index contributed by atoms with van der Waals surface area (Å²) in [6, 6.07) is 16.5. The number of hydrogen-bond acceptors (Lipinski definition) is 5. The lowest BCUT2D eigenvalue weighted by Crippen LogP contribution is -2.12. The average molecular weight is 331 g/mol. The van der Waals surface area contributed by atoms with Gasteiger partial charge in [-0.05, 0) is 12.1 Å². The van der Waals surface area contributed by atoms with Gasteiger partial charge in [-0.15, -0.1) is 0 Å². The van der Waals surface area contributed by atoms with Gasteiger partial charge in [-0.25, -0.2) is 0 Å². The summed E-state index contributed by atoms with van der Waals surface area (Å²) in [5.74, 6) is 0.546. The van der Waals surface area contributed by atoms with Gasteiger partial charge in [0.25, 0.3) is 5.91 Å². The van der Waals surface area contributed by atoms with Gasteiger partial charge in [-0.2, -0.15) is 5.10 Å². The van der Waals surface area contributed by atoms with E-state index in [2.05, 4.69) is 25.7 Å². The molecule has 0 saturated heterocycles. The molecule has 0 aliphatic rings. The molecule has 3 aromatic heterocycles. The molecule has 0 aliphatic heterocycles. The Kier molecular flexibility index (Phi) is 3.80. The van der Waals surface area contributed by atoms with Crippen LogP contribution in [0.3, 0.4) is 0 Å². The summed E-state index contributed by atoms with van der Waals surface area (Å²) >= 11 is 0. The predicted molar refractivity (Wildman–Crippen MR) is 91.7 cm³/mol. The summed E-state index contributed by atoms with van der Waals surface area (Å²) in [5.41, 5.74) is 2.75. The highest BCUT2D eigenvalue weighted by molar-refractivity contribution is 6.03. The Bertz CT molecular complexity index is 993. The number of aromatic nitrogens is 4. The second-order valence-electron chi connectivity index (χ2n) is 5.30. The highest BCUT2D eigenvalue weighted by Gasteiger charge is 2.15. The molecule has 7 nitrogen and oxygen atoms in total. The highest BCUT2D eigenvalue weighted by Crippen LogP contribution is 2.21. The van der Waals surface area contributed by atoms with Gasteiger partial charge in [-0.3, -0.25) is 14.9 Å². The van der Waals surface area contributed by atoms with Gasteiger partial charge in [0.15, 0.2) is 17.3 Å². The molecule has 4 rings (SSSR count). The smallest absolute Gasteiger partial charge is 0.279 e. The summed E-state index contributed by atoms with van der Waals surface area (Å²) in [5, 5.41) is 13.5. The lowest BCUT2D eigenvalue weighted by molar-refractivity contribution is 0.101. The summed E-state index contributed by atoms with van der Waals surface area (Å²) in [6.45, 7) is 0. The Morgan fingerprint density at radius 2 is 1.80 bits per heavy atom. The Hall–Kier alpha value is -3.74. The minimum absolute atomic E-state index is 0.187. The van der Waals surface area contributed by atoms with E-state index in [1.807, 2.05) is 42.5 Å². The van der Waals surface area contributed by atoms with Crippen LogP contribution in [0.4, 0.5) is 5.82 Å². The number of rotatable bonds is 4. The molecular weight excluding hydrogens is 318 g/mol. The predicted octanol–water partition coefficient (Wildman–Crippen LogP) is 3.38. The summed E-state index contributed by atoms with van der Waals surface area (Å²) in [4.78, 5) is 16.3. The second-order valence-corrected chi connectivity index (χ2v) is 5.30. The fourth-order valence-corrected chi connectivity index (χ4v) is 2.37. The maximum absolute atomic E-state index is 12.3. The van der Waals surface area contributed by atoms with Crippen LogP contribution in [0.5, 0.6) is 0 Å². The normalized spacial score (nSPS) is 10.6. The second kappa shape index (κ2) is 6.40. The first kappa shape index (κ1) is 14.8. The van der Waals surface area contributed by atoms with Gasteiger partial charge >= 0.3 is 0 Å². The number of hydrogen-bond donors (Lipinski definition) is 2. The summed E-state index contributed by atoms with van der Waals surface area (Å²) < 4.78 is 5.24. The molecule has 1 amide bonds. The number of nitrogens with one attached hydrogen (secondary N) is 2. The van der Waals surface area contributed by atoms with Crippen molar-refractivity contribution < 1.29 is 9.32 Å². The van der Waals surface area contributed by atoms with E-state index >= 15 is 0 Å². The molecule has 0 atom stereocenters. The van der Waals surface area contributed by atoms with Crippen molar-refractivity contribution in [2.45, 2.75) is 0 Å². The van der Waals surface area contributed by atoms with Crippen molar-refractivity contribution in [3.05, 3.63) is 72.7 Å². The third-order valence-corrected chi connectivity index (χ3v) is 3.61. The van der Waals surface area contributed by atoms with Gasteiger partial charge in [0.05, 0.1) is 5.69 Å². The molecule has 1 aromatic carbocycles. The topological polar surface area (TPSA) is 96.7 Å². The van der Waals surface area contributed by atoms with E-state index in [0.717, 1.165) is 16.8 Å². The van der Waals surface area contributed by atoms with Gasteiger partial charge in [0.1, 0.15) is 0 Å². The highest BCUT2D eigenvalue weighted by atomic mass is 16.5. The molecule has 0 aliphatic carbocycles. The van der Waals surface area contributed by atoms with Crippen LogP contribution in [-0.4, -0.2) is 26.2 Å². The third kappa shape index (κ3) is 3.16. The Morgan fingerprint density at radius 3 is 2.60 bits per heavy atom. The zero-order valence-corrected chi connectivity index (χ0v) is 13.0. The van der Waals surface area contributed by atoms with Gasteiger partial charge < -0.3 is 9.84 Å². The maximum Gasteiger partial charge on any atom is 0.279 e. The molecule has 2 N–H and O–H groups in total. The Balaban J connectivity index is 1.50. The standard InChI is InChI=1S/C18H13N5O2/c24-18(15-10-16(25-23-15)13-4-2-1-3-5-13)20-17-11-14(21-22-17)12-6-8-19-9-7-12/h1-11H,(H2,20,21,22,24). The third-order valence-electron chi connectivity index (χ3n) is 3.61. The Morgan fingerprint density at radius 1 is 1.00 bits per heavy atom. The fourth-order valence-electron chi connectivity index (χ4n) is 2.37. The molecule has 3 heterocycles. The van der Waals surface area contributed by atoms with Crippen molar-refractivity contribution in [2.24, 2.45) is 0 Å². The largest absolute Gasteiger partial charge is 0.355 e. The number of nitrogens with zero attached hydrogens (tertiary/aromatic N) is 3. The van der Waals surface area contributed by atoms with Crippen LogP contribution in [0.15, 0.2) is 71.5 Å². The van der Waals surface area contributed by atoms with E-state index in [0.29, 0.717) is 11.6 Å². The van der Waals surface area contributed by atoms with Crippen LogP contribution < -0.4 is 5.32 Å². The zero-order valence-electron chi connectivity index (χ0n) is 13.0. The molecule has 0 bridgehead atoms. The fraction of sp³-hybridized carbons (Fsp3) is 0. The van der Waals surface area contributed by atoms with Crippen molar-refractivity contribution in [3.63, 3.8) is 0 Å². The number of carbonyl (C=O) groups excluding carboxylic acids is 1. The number of carbonyl (C=O) groups is 1. The summed E-state index contributed by atoms with van der Waals surface area (Å²) in [7, 11) is 0. The van der Waals surface area contributed by atoms with E-state index < -0.39 is 5.91 Å². The SMILES string of the molecule is O=C(Nc1cc(-c2ccncc2)[nH]n1)c1cc(-c2ccccc2)on1. The van der Waals surface area contributed by atoms with Gasteiger partial charge in [-0.1, -0.05) is 35.5 Å². The van der Waals surface area contributed by atoms with Crippen molar-refractivity contribution in [3.8, 4) is 22.6 Å². The monoisotopic (exact) mass is 331 g/mol. The van der Waals surface area contributed by atoms with Crippen LogP contribution in [0, 0.1) is 0 Å². The van der Waals surface area contributed by atoms with Crippen LogP contribution in [0.2, 0.25) is 0 Å². The van der Waals surface area contributed by atoms with Crippen LogP contribution in [0.25, 0.3) is 22.6 Å². The number of anilines is 1. The number of amides is 1.